The Morgan fingerprint density at radius 2 is 1.62 bits per heavy atom. The van der Waals surface area contributed by atoms with E-state index in [0.717, 1.165) is 25.7 Å². The van der Waals surface area contributed by atoms with Crippen molar-refractivity contribution in [3.8, 4) is 0 Å². The van der Waals surface area contributed by atoms with Gasteiger partial charge in [0.05, 0.1) is 6.10 Å². The van der Waals surface area contributed by atoms with Gasteiger partial charge in [0.25, 0.3) is 0 Å². The smallest absolute Gasteiger partial charge is 0.0541 e. The van der Waals surface area contributed by atoms with Crippen molar-refractivity contribution in [1.29, 1.82) is 0 Å². The van der Waals surface area contributed by atoms with Crippen LogP contribution >= 0.6 is 0 Å². The number of aryl methyl sites for hydroxylation is 2. The van der Waals surface area contributed by atoms with Crippen LogP contribution in [0, 0.1) is 13.8 Å². The van der Waals surface area contributed by atoms with Crippen LogP contribution in [0.15, 0.2) is 18.2 Å². The van der Waals surface area contributed by atoms with E-state index in [0.29, 0.717) is 6.04 Å². The van der Waals surface area contributed by atoms with Crippen molar-refractivity contribution < 1.29 is 5.11 Å². The summed E-state index contributed by atoms with van der Waals surface area (Å²) in [5, 5.41) is 13.1. The normalized spacial score (nSPS) is 25.4. The van der Waals surface area contributed by atoms with Crippen LogP contribution in [0.1, 0.15) is 36.8 Å². The van der Waals surface area contributed by atoms with Gasteiger partial charge in [-0.25, -0.2) is 0 Å². The maximum atomic E-state index is 9.47. The fraction of sp³-hybridized carbons (Fsp3) is 0.571. The molecule has 2 N–H and O–H groups in total. The average Bonchev–Trinajstić information content (AvgIpc) is 2.26. The van der Waals surface area contributed by atoms with Gasteiger partial charge in [0.1, 0.15) is 0 Å². The summed E-state index contributed by atoms with van der Waals surface area (Å²) < 4.78 is 0. The van der Waals surface area contributed by atoms with Gasteiger partial charge < -0.3 is 10.4 Å². The van der Waals surface area contributed by atoms with E-state index in [-0.39, 0.29) is 6.10 Å². The zero-order valence-electron chi connectivity index (χ0n) is 10.2. The van der Waals surface area contributed by atoms with Crippen molar-refractivity contribution in [3.63, 3.8) is 0 Å². The van der Waals surface area contributed by atoms with E-state index < -0.39 is 0 Å². The maximum Gasteiger partial charge on any atom is 0.0541 e. The second kappa shape index (κ2) is 4.88. The molecule has 0 unspecified atom stereocenters. The monoisotopic (exact) mass is 219 g/mol. The van der Waals surface area contributed by atoms with Gasteiger partial charge in [0, 0.05) is 11.7 Å². The largest absolute Gasteiger partial charge is 0.393 e. The van der Waals surface area contributed by atoms with Crippen LogP contribution in [-0.4, -0.2) is 17.3 Å². The summed E-state index contributed by atoms with van der Waals surface area (Å²) in [6.45, 7) is 4.29. The quantitative estimate of drug-likeness (QED) is 0.801. The van der Waals surface area contributed by atoms with Crippen LogP contribution < -0.4 is 5.32 Å². The van der Waals surface area contributed by atoms with Gasteiger partial charge in [-0.2, -0.15) is 0 Å². The highest BCUT2D eigenvalue weighted by atomic mass is 16.3. The third kappa shape index (κ3) is 2.56. The second-order valence-electron chi connectivity index (χ2n) is 4.92. The lowest BCUT2D eigenvalue weighted by molar-refractivity contribution is 0.126. The molecule has 0 bridgehead atoms. The molecule has 88 valence electrons. The van der Waals surface area contributed by atoms with Crippen molar-refractivity contribution in [2.75, 3.05) is 5.32 Å². The third-order valence-corrected chi connectivity index (χ3v) is 3.53. The molecule has 1 saturated carbocycles. The van der Waals surface area contributed by atoms with Gasteiger partial charge in [-0.3, -0.25) is 0 Å². The Labute approximate surface area is 97.7 Å². The molecule has 0 saturated heterocycles. The van der Waals surface area contributed by atoms with E-state index in [4.69, 9.17) is 0 Å². The van der Waals surface area contributed by atoms with Crippen molar-refractivity contribution in [2.24, 2.45) is 0 Å². The highest BCUT2D eigenvalue weighted by Gasteiger charge is 2.19. The van der Waals surface area contributed by atoms with E-state index in [1.54, 1.807) is 0 Å². The first-order valence-electron chi connectivity index (χ1n) is 6.17. The van der Waals surface area contributed by atoms with E-state index in [1.165, 1.54) is 16.8 Å². The fourth-order valence-corrected chi connectivity index (χ4v) is 2.47. The molecule has 1 aromatic rings. The van der Waals surface area contributed by atoms with Crippen LogP contribution in [0.3, 0.4) is 0 Å². The van der Waals surface area contributed by atoms with Gasteiger partial charge in [-0.1, -0.05) is 18.2 Å². The Morgan fingerprint density at radius 3 is 2.19 bits per heavy atom. The molecule has 1 aromatic carbocycles. The lowest BCUT2D eigenvalue weighted by Crippen LogP contribution is -2.28. The van der Waals surface area contributed by atoms with Crippen LogP contribution in [0.4, 0.5) is 5.69 Å². The summed E-state index contributed by atoms with van der Waals surface area (Å²) in [6, 6.07) is 6.92. The highest BCUT2D eigenvalue weighted by molar-refractivity contribution is 5.57. The van der Waals surface area contributed by atoms with Crippen LogP contribution in [0.5, 0.6) is 0 Å². The predicted octanol–water partition coefficient (Wildman–Crippen LogP) is 3.02. The van der Waals surface area contributed by atoms with Crippen LogP contribution in [0.25, 0.3) is 0 Å². The topological polar surface area (TPSA) is 32.3 Å². The predicted molar refractivity (Wildman–Crippen MR) is 67.8 cm³/mol. The Balaban J connectivity index is 2.04. The number of rotatable bonds is 2. The number of hydrogen-bond donors (Lipinski definition) is 2. The van der Waals surface area contributed by atoms with Crippen LogP contribution in [-0.2, 0) is 0 Å². The van der Waals surface area contributed by atoms with E-state index >= 15 is 0 Å². The summed E-state index contributed by atoms with van der Waals surface area (Å²) in [5.74, 6) is 0. The SMILES string of the molecule is Cc1cccc(C)c1NC1CCC(O)CC1. The summed E-state index contributed by atoms with van der Waals surface area (Å²) in [7, 11) is 0. The minimum Gasteiger partial charge on any atom is -0.393 e. The Kier molecular flexibility index (Phi) is 3.49. The zero-order chi connectivity index (χ0) is 11.5. The molecule has 0 aliphatic heterocycles. The Hall–Kier alpha value is -1.02. The third-order valence-electron chi connectivity index (χ3n) is 3.53. The van der Waals surface area contributed by atoms with E-state index in [9.17, 15) is 5.11 Å². The standard InChI is InChI=1S/C14H21NO/c1-10-4-3-5-11(2)14(10)15-12-6-8-13(16)9-7-12/h3-5,12-13,15-16H,6-9H2,1-2H3. The summed E-state index contributed by atoms with van der Waals surface area (Å²) in [6.07, 6.45) is 3.95. The number of anilines is 1. The number of aliphatic hydroxyl groups excluding tert-OH is 1. The van der Waals surface area contributed by atoms with Gasteiger partial charge in [0.2, 0.25) is 0 Å². The van der Waals surface area contributed by atoms with E-state index in [1.807, 2.05) is 0 Å². The second-order valence-corrected chi connectivity index (χ2v) is 4.92. The molecule has 0 aromatic heterocycles. The highest BCUT2D eigenvalue weighted by Crippen LogP contribution is 2.26. The molecule has 1 aliphatic rings. The minimum absolute atomic E-state index is 0.0731. The first-order chi connectivity index (χ1) is 7.66. The molecule has 1 aliphatic carbocycles. The number of aliphatic hydroxyl groups is 1. The Morgan fingerprint density at radius 1 is 1.06 bits per heavy atom. The van der Waals surface area contributed by atoms with Gasteiger partial charge >= 0.3 is 0 Å². The van der Waals surface area contributed by atoms with Gasteiger partial charge in [0.15, 0.2) is 0 Å². The van der Waals surface area contributed by atoms with Crippen molar-refractivity contribution in [3.05, 3.63) is 29.3 Å². The summed E-state index contributed by atoms with van der Waals surface area (Å²) in [5.41, 5.74) is 3.90. The lowest BCUT2D eigenvalue weighted by atomic mass is 9.92. The molecule has 0 heterocycles. The van der Waals surface area contributed by atoms with Gasteiger partial charge in [-0.05, 0) is 50.7 Å². The summed E-state index contributed by atoms with van der Waals surface area (Å²) in [4.78, 5) is 0. The number of para-hydroxylation sites is 1. The van der Waals surface area contributed by atoms with Crippen molar-refractivity contribution in [2.45, 2.75) is 51.7 Å². The van der Waals surface area contributed by atoms with E-state index in [2.05, 4.69) is 37.4 Å². The number of benzene rings is 1. The molecule has 2 rings (SSSR count). The fourth-order valence-electron chi connectivity index (χ4n) is 2.47. The molecule has 16 heavy (non-hydrogen) atoms. The minimum atomic E-state index is -0.0731. The number of hydrogen-bond acceptors (Lipinski definition) is 2. The molecule has 0 spiro atoms. The molecule has 2 nitrogen and oxygen atoms in total. The molecular weight excluding hydrogens is 198 g/mol. The zero-order valence-corrected chi connectivity index (χ0v) is 10.2. The molecule has 2 heteroatoms. The van der Waals surface area contributed by atoms with Crippen molar-refractivity contribution in [1.82, 2.24) is 0 Å². The summed E-state index contributed by atoms with van der Waals surface area (Å²) >= 11 is 0. The number of nitrogens with one attached hydrogen (secondary N) is 1. The molecule has 0 atom stereocenters. The molecule has 1 fully saturated rings. The lowest BCUT2D eigenvalue weighted by Gasteiger charge is -2.28. The van der Waals surface area contributed by atoms with Crippen LogP contribution in [0.2, 0.25) is 0 Å². The van der Waals surface area contributed by atoms with Gasteiger partial charge in [-0.15, -0.1) is 0 Å². The first kappa shape index (κ1) is 11.5. The average molecular weight is 219 g/mol. The molecule has 0 amide bonds. The molecule has 0 radical (unpaired) electrons. The van der Waals surface area contributed by atoms with Crippen molar-refractivity contribution >= 4 is 5.69 Å². The Bertz CT molecular complexity index is 334. The molecular formula is C14H21NO. The maximum absolute atomic E-state index is 9.47. The first-order valence-corrected chi connectivity index (χ1v) is 6.17.